The lowest BCUT2D eigenvalue weighted by Gasteiger charge is -2.09. The van der Waals surface area contributed by atoms with Gasteiger partial charge in [-0.1, -0.05) is 12.1 Å². The van der Waals surface area contributed by atoms with Gasteiger partial charge in [0.1, 0.15) is 0 Å². The van der Waals surface area contributed by atoms with E-state index in [9.17, 15) is 22.6 Å². The molecule has 0 aliphatic rings. The van der Waals surface area contributed by atoms with E-state index < -0.39 is 40.9 Å². The maximum Gasteiger partial charge on any atom is 0.339 e. The van der Waals surface area contributed by atoms with Crippen molar-refractivity contribution in [1.29, 1.82) is 0 Å². The minimum absolute atomic E-state index is 0.0324. The molecule has 0 aromatic heterocycles. The summed E-state index contributed by atoms with van der Waals surface area (Å²) in [5.74, 6) is -3.67. The van der Waals surface area contributed by atoms with Crippen LogP contribution < -0.4 is 5.32 Å². The van der Waals surface area contributed by atoms with Gasteiger partial charge in [-0.25, -0.2) is 13.6 Å². The fourth-order valence-corrected chi connectivity index (χ4v) is 2.60. The summed E-state index contributed by atoms with van der Waals surface area (Å²) in [6.07, 6.45) is 1.42. The molecule has 0 aliphatic heterocycles. The van der Waals surface area contributed by atoms with Crippen molar-refractivity contribution in [2.24, 2.45) is 0 Å². The van der Waals surface area contributed by atoms with E-state index in [1.807, 2.05) is 0 Å². The van der Waals surface area contributed by atoms with Crippen LogP contribution in [-0.4, -0.2) is 28.9 Å². The molecule has 0 heterocycles. The Hall–Kier alpha value is -2.61. The largest absolute Gasteiger partial charge is 0.452 e. The van der Waals surface area contributed by atoms with Crippen molar-refractivity contribution in [2.75, 3.05) is 18.2 Å². The molecular weight excluding hydrogens is 340 g/mol. The summed E-state index contributed by atoms with van der Waals surface area (Å²) in [6.45, 7) is -0.623. The fraction of sp³-hybridized carbons (Fsp3) is 0.125. The average molecular weight is 353 g/mol. The number of benzene rings is 2. The number of carbonyl (C=O) groups excluding carboxylic acids is 2. The number of nitrogens with one attached hydrogen (secondary N) is 1. The molecule has 0 bridgehead atoms. The highest BCUT2D eigenvalue weighted by atomic mass is 32.2. The van der Waals surface area contributed by atoms with Crippen LogP contribution in [0.2, 0.25) is 0 Å². The molecule has 2 aromatic rings. The summed E-state index contributed by atoms with van der Waals surface area (Å²) in [5.41, 5.74) is 0.129. The normalized spacial score (nSPS) is 11.6. The Morgan fingerprint density at radius 2 is 1.83 bits per heavy atom. The van der Waals surface area contributed by atoms with Gasteiger partial charge in [-0.2, -0.15) is 0 Å². The van der Waals surface area contributed by atoms with Gasteiger partial charge in [0, 0.05) is 18.0 Å². The molecule has 0 saturated carbocycles. The summed E-state index contributed by atoms with van der Waals surface area (Å²) in [5, 5.41) is 2.27. The van der Waals surface area contributed by atoms with E-state index >= 15 is 0 Å². The van der Waals surface area contributed by atoms with Crippen molar-refractivity contribution in [2.45, 2.75) is 4.90 Å². The SMILES string of the molecule is C[S@](=O)c1ccccc1C(=O)OCC(=O)Nc1ccc(F)c(F)c1. The topological polar surface area (TPSA) is 72.5 Å². The number of hydrogen-bond acceptors (Lipinski definition) is 4. The second-order valence-electron chi connectivity index (χ2n) is 4.70. The van der Waals surface area contributed by atoms with Crippen LogP contribution in [0.3, 0.4) is 0 Å². The molecule has 0 saturated heterocycles. The van der Waals surface area contributed by atoms with E-state index in [-0.39, 0.29) is 11.3 Å². The summed E-state index contributed by atoms with van der Waals surface area (Å²) in [7, 11) is -1.39. The van der Waals surface area contributed by atoms with Crippen molar-refractivity contribution >= 4 is 28.4 Å². The summed E-state index contributed by atoms with van der Waals surface area (Å²) < 4.78 is 42.3. The van der Waals surface area contributed by atoms with Gasteiger partial charge in [0.25, 0.3) is 5.91 Å². The molecule has 1 amide bonds. The van der Waals surface area contributed by atoms with Gasteiger partial charge in [-0.3, -0.25) is 9.00 Å². The number of halogens is 2. The molecule has 8 heteroatoms. The molecule has 0 fully saturated rings. The van der Waals surface area contributed by atoms with Crippen molar-refractivity contribution in [3.8, 4) is 0 Å². The van der Waals surface area contributed by atoms with Gasteiger partial charge in [-0.15, -0.1) is 0 Å². The van der Waals surface area contributed by atoms with E-state index in [1.165, 1.54) is 24.5 Å². The van der Waals surface area contributed by atoms with E-state index in [2.05, 4.69) is 5.32 Å². The zero-order chi connectivity index (χ0) is 17.7. The second kappa shape index (κ2) is 7.78. The molecule has 0 aliphatic carbocycles. The monoisotopic (exact) mass is 353 g/mol. The van der Waals surface area contributed by atoms with Crippen molar-refractivity contribution in [3.63, 3.8) is 0 Å². The van der Waals surface area contributed by atoms with E-state index in [1.54, 1.807) is 12.1 Å². The summed E-state index contributed by atoms with van der Waals surface area (Å²) in [4.78, 5) is 24.0. The Kier molecular flexibility index (Phi) is 5.75. The highest BCUT2D eigenvalue weighted by Crippen LogP contribution is 2.15. The van der Waals surface area contributed by atoms with Gasteiger partial charge in [0.2, 0.25) is 0 Å². The summed E-state index contributed by atoms with van der Waals surface area (Å²) in [6, 6.07) is 9.01. The van der Waals surface area contributed by atoms with Crippen LogP contribution in [0.4, 0.5) is 14.5 Å². The summed E-state index contributed by atoms with van der Waals surface area (Å²) >= 11 is 0. The van der Waals surface area contributed by atoms with Crippen LogP contribution in [0.1, 0.15) is 10.4 Å². The predicted molar refractivity (Wildman–Crippen MR) is 84.0 cm³/mol. The molecule has 0 radical (unpaired) electrons. The van der Waals surface area contributed by atoms with Crippen LogP contribution in [0.25, 0.3) is 0 Å². The molecule has 1 atom stereocenters. The number of carbonyl (C=O) groups is 2. The number of amides is 1. The van der Waals surface area contributed by atoms with Crippen molar-refractivity contribution in [3.05, 3.63) is 59.7 Å². The number of anilines is 1. The molecule has 24 heavy (non-hydrogen) atoms. The van der Waals surface area contributed by atoms with E-state index in [4.69, 9.17) is 4.74 Å². The Labute approximate surface area is 139 Å². The maximum atomic E-state index is 13.0. The quantitative estimate of drug-likeness (QED) is 0.839. The molecule has 0 unspecified atom stereocenters. The minimum atomic E-state index is -1.39. The first-order valence-corrected chi connectivity index (χ1v) is 8.29. The zero-order valence-electron chi connectivity index (χ0n) is 12.5. The third-order valence-electron chi connectivity index (χ3n) is 2.95. The number of ether oxygens (including phenoxy) is 1. The molecular formula is C16H13F2NO4S. The van der Waals surface area contributed by atoms with Crippen molar-refractivity contribution < 1.29 is 27.3 Å². The predicted octanol–water partition coefficient (Wildman–Crippen LogP) is 2.50. The first kappa shape index (κ1) is 17.7. The van der Waals surface area contributed by atoms with Crippen LogP contribution in [0.5, 0.6) is 0 Å². The Balaban J connectivity index is 1.97. The average Bonchev–Trinajstić information content (AvgIpc) is 2.56. The van der Waals surface area contributed by atoms with Crippen LogP contribution in [-0.2, 0) is 20.3 Å². The number of esters is 1. The van der Waals surface area contributed by atoms with Crippen LogP contribution in [0, 0.1) is 11.6 Å². The molecule has 126 valence electrons. The molecule has 2 aromatic carbocycles. The lowest BCUT2D eigenvalue weighted by Crippen LogP contribution is -2.21. The van der Waals surface area contributed by atoms with Crippen LogP contribution in [0.15, 0.2) is 47.4 Å². The van der Waals surface area contributed by atoms with Crippen LogP contribution >= 0.6 is 0 Å². The van der Waals surface area contributed by atoms with Crippen molar-refractivity contribution in [1.82, 2.24) is 0 Å². The lowest BCUT2D eigenvalue weighted by molar-refractivity contribution is -0.119. The van der Waals surface area contributed by atoms with E-state index in [0.717, 1.165) is 12.1 Å². The first-order chi connectivity index (χ1) is 11.4. The Morgan fingerprint density at radius 3 is 2.50 bits per heavy atom. The van der Waals surface area contributed by atoms with E-state index in [0.29, 0.717) is 4.90 Å². The molecule has 0 spiro atoms. The lowest BCUT2D eigenvalue weighted by atomic mass is 10.2. The highest BCUT2D eigenvalue weighted by molar-refractivity contribution is 7.84. The molecule has 1 N–H and O–H groups in total. The third-order valence-corrected chi connectivity index (χ3v) is 3.93. The standard InChI is InChI=1S/C16H13F2NO4S/c1-24(22)14-5-3-2-4-11(14)16(21)23-9-15(20)19-10-6-7-12(17)13(18)8-10/h2-8H,9H2,1H3,(H,19,20)/t24-/m0/s1. The molecule has 5 nitrogen and oxygen atoms in total. The molecule has 2 rings (SSSR count). The number of rotatable bonds is 5. The smallest absolute Gasteiger partial charge is 0.339 e. The van der Waals surface area contributed by atoms with Gasteiger partial charge < -0.3 is 10.1 Å². The second-order valence-corrected chi connectivity index (χ2v) is 6.05. The van der Waals surface area contributed by atoms with Gasteiger partial charge >= 0.3 is 5.97 Å². The Morgan fingerprint density at radius 1 is 1.12 bits per heavy atom. The van der Waals surface area contributed by atoms with Gasteiger partial charge in [0.05, 0.1) is 21.3 Å². The fourth-order valence-electron chi connectivity index (χ4n) is 1.87. The van der Waals surface area contributed by atoms with Gasteiger partial charge in [-0.05, 0) is 24.3 Å². The Bertz CT molecular complexity index is 810. The highest BCUT2D eigenvalue weighted by Gasteiger charge is 2.16. The minimum Gasteiger partial charge on any atom is -0.452 e. The van der Waals surface area contributed by atoms with Gasteiger partial charge in [0.15, 0.2) is 18.2 Å². The first-order valence-electron chi connectivity index (χ1n) is 6.73. The zero-order valence-corrected chi connectivity index (χ0v) is 13.4. The third kappa shape index (κ3) is 4.45. The number of hydrogen-bond donors (Lipinski definition) is 1. The maximum absolute atomic E-state index is 13.0.